The molecule has 0 bridgehead atoms. The van der Waals surface area contributed by atoms with Crippen LogP contribution in [0.3, 0.4) is 0 Å². The van der Waals surface area contributed by atoms with Crippen LogP contribution in [-0.2, 0) is 13.0 Å². The lowest BCUT2D eigenvalue weighted by molar-refractivity contribution is 0.246. The molecule has 0 aliphatic carbocycles. The second-order valence-electron chi connectivity index (χ2n) is 5.82. The molecule has 0 aromatic carbocycles. The van der Waals surface area contributed by atoms with Gasteiger partial charge in [0.1, 0.15) is 16.8 Å². The molecule has 0 saturated carbocycles. The van der Waals surface area contributed by atoms with Crippen LogP contribution in [0.1, 0.15) is 24.0 Å². The molecule has 1 aliphatic heterocycles. The van der Waals surface area contributed by atoms with E-state index < -0.39 is 0 Å². The van der Waals surface area contributed by atoms with Crippen molar-refractivity contribution in [3.8, 4) is 0 Å². The Morgan fingerprint density at radius 3 is 2.57 bits per heavy atom. The van der Waals surface area contributed by atoms with Gasteiger partial charge in [-0.1, -0.05) is 24.6 Å². The molecular formula is C17H22ClN5. The summed E-state index contributed by atoms with van der Waals surface area (Å²) in [5, 5.41) is 0.572. The highest BCUT2D eigenvalue weighted by atomic mass is 35.5. The summed E-state index contributed by atoms with van der Waals surface area (Å²) < 4.78 is 0. The molecule has 2 aromatic rings. The van der Waals surface area contributed by atoms with Gasteiger partial charge in [0.2, 0.25) is 0 Å². The van der Waals surface area contributed by atoms with Crippen molar-refractivity contribution in [1.29, 1.82) is 0 Å². The SMILES string of the molecule is CCc1nc(Cl)c(C)c(N2CCN(Cc3ccccn3)CC2)n1. The van der Waals surface area contributed by atoms with Crippen molar-refractivity contribution in [1.82, 2.24) is 19.9 Å². The molecule has 5 nitrogen and oxygen atoms in total. The van der Waals surface area contributed by atoms with Crippen molar-refractivity contribution in [2.45, 2.75) is 26.8 Å². The highest BCUT2D eigenvalue weighted by Gasteiger charge is 2.21. The average Bonchev–Trinajstić information content (AvgIpc) is 2.59. The number of aryl methyl sites for hydroxylation is 1. The zero-order valence-corrected chi connectivity index (χ0v) is 14.4. The topological polar surface area (TPSA) is 45.2 Å². The molecular weight excluding hydrogens is 310 g/mol. The number of anilines is 1. The first-order valence-electron chi connectivity index (χ1n) is 8.07. The summed E-state index contributed by atoms with van der Waals surface area (Å²) in [6.45, 7) is 8.85. The molecule has 3 rings (SSSR count). The van der Waals surface area contributed by atoms with Gasteiger partial charge < -0.3 is 4.90 Å². The van der Waals surface area contributed by atoms with E-state index in [1.807, 2.05) is 25.3 Å². The molecule has 0 N–H and O–H groups in total. The maximum Gasteiger partial charge on any atom is 0.137 e. The van der Waals surface area contributed by atoms with E-state index in [1.165, 1.54) is 0 Å². The fourth-order valence-corrected chi connectivity index (χ4v) is 3.01. The third kappa shape index (κ3) is 3.79. The standard InChI is InChI=1S/C17H22ClN5/c1-3-15-20-16(18)13(2)17(21-15)23-10-8-22(9-11-23)12-14-6-4-5-7-19-14/h4-7H,3,8-12H2,1-2H3. The monoisotopic (exact) mass is 331 g/mol. The molecule has 0 spiro atoms. The molecule has 0 radical (unpaired) electrons. The molecule has 1 aliphatic rings. The Balaban J connectivity index is 1.66. The highest BCUT2D eigenvalue weighted by molar-refractivity contribution is 6.30. The van der Waals surface area contributed by atoms with Crippen LogP contribution in [0.2, 0.25) is 5.15 Å². The number of piperazine rings is 1. The van der Waals surface area contributed by atoms with Crippen molar-refractivity contribution in [2.24, 2.45) is 0 Å². The van der Waals surface area contributed by atoms with E-state index in [9.17, 15) is 0 Å². The quantitative estimate of drug-likeness (QED) is 0.806. The summed E-state index contributed by atoms with van der Waals surface area (Å²) in [7, 11) is 0. The van der Waals surface area contributed by atoms with Crippen molar-refractivity contribution in [2.75, 3.05) is 31.1 Å². The number of nitrogens with zero attached hydrogens (tertiary/aromatic N) is 5. The zero-order chi connectivity index (χ0) is 16.2. The molecule has 3 heterocycles. The van der Waals surface area contributed by atoms with Gasteiger partial charge in [0.05, 0.1) is 5.69 Å². The van der Waals surface area contributed by atoms with E-state index in [-0.39, 0.29) is 0 Å². The number of hydrogen-bond acceptors (Lipinski definition) is 5. The minimum Gasteiger partial charge on any atom is -0.354 e. The lowest BCUT2D eigenvalue weighted by atomic mass is 10.2. The molecule has 0 amide bonds. The zero-order valence-electron chi connectivity index (χ0n) is 13.7. The summed E-state index contributed by atoms with van der Waals surface area (Å²) >= 11 is 6.26. The Bertz CT molecular complexity index is 654. The third-order valence-corrected chi connectivity index (χ3v) is 4.57. The first-order chi connectivity index (χ1) is 11.2. The first kappa shape index (κ1) is 16.1. The number of pyridine rings is 1. The Morgan fingerprint density at radius 1 is 1.13 bits per heavy atom. The minimum atomic E-state index is 0.572. The lowest BCUT2D eigenvalue weighted by Crippen LogP contribution is -2.46. The van der Waals surface area contributed by atoms with Crippen LogP contribution < -0.4 is 4.90 Å². The Kier molecular flexibility index (Phi) is 5.08. The Labute approximate surface area is 142 Å². The minimum absolute atomic E-state index is 0.572. The first-order valence-corrected chi connectivity index (χ1v) is 8.45. The Hall–Kier alpha value is -1.72. The summed E-state index contributed by atoms with van der Waals surface area (Å²) in [5.74, 6) is 1.80. The summed E-state index contributed by atoms with van der Waals surface area (Å²) in [6, 6.07) is 6.07. The number of aromatic nitrogens is 3. The van der Waals surface area contributed by atoms with Crippen LogP contribution in [0.15, 0.2) is 24.4 Å². The van der Waals surface area contributed by atoms with Crippen LogP contribution in [0, 0.1) is 6.92 Å². The molecule has 122 valence electrons. The average molecular weight is 332 g/mol. The van der Waals surface area contributed by atoms with Gasteiger partial charge in [0, 0.05) is 50.9 Å². The second-order valence-corrected chi connectivity index (χ2v) is 6.18. The summed E-state index contributed by atoms with van der Waals surface area (Å²) in [4.78, 5) is 18.2. The smallest absolute Gasteiger partial charge is 0.137 e. The van der Waals surface area contributed by atoms with Crippen LogP contribution in [0.25, 0.3) is 0 Å². The van der Waals surface area contributed by atoms with E-state index in [0.717, 1.165) is 62.0 Å². The predicted octanol–water partition coefficient (Wildman–Crippen LogP) is 2.72. The van der Waals surface area contributed by atoms with Crippen LogP contribution >= 0.6 is 11.6 Å². The fourth-order valence-electron chi connectivity index (χ4n) is 2.83. The van der Waals surface area contributed by atoms with Crippen molar-refractivity contribution in [3.63, 3.8) is 0 Å². The van der Waals surface area contributed by atoms with E-state index in [0.29, 0.717) is 5.15 Å². The Morgan fingerprint density at radius 2 is 1.91 bits per heavy atom. The molecule has 2 aromatic heterocycles. The van der Waals surface area contributed by atoms with Crippen LogP contribution in [0.4, 0.5) is 5.82 Å². The normalized spacial score (nSPS) is 15.9. The lowest BCUT2D eigenvalue weighted by Gasteiger charge is -2.36. The van der Waals surface area contributed by atoms with Gasteiger partial charge in [-0.15, -0.1) is 0 Å². The van der Waals surface area contributed by atoms with Crippen LogP contribution in [-0.4, -0.2) is 46.0 Å². The van der Waals surface area contributed by atoms with Gasteiger partial charge in [-0.3, -0.25) is 9.88 Å². The van der Waals surface area contributed by atoms with Crippen molar-refractivity contribution < 1.29 is 0 Å². The van der Waals surface area contributed by atoms with Crippen molar-refractivity contribution in [3.05, 3.63) is 46.6 Å². The molecule has 1 fully saturated rings. The van der Waals surface area contributed by atoms with Crippen LogP contribution in [0.5, 0.6) is 0 Å². The molecule has 0 unspecified atom stereocenters. The maximum absolute atomic E-state index is 6.26. The largest absolute Gasteiger partial charge is 0.354 e. The highest BCUT2D eigenvalue weighted by Crippen LogP contribution is 2.24. The van der Waals surface area contributed by atoms with Gasteiger partial charge >= 0.3 is 0 Å². The van der Waals surface area contributed by atoms with Crippen molar-refractivity contribution >= 4 is 17.4 Å². The van der Waals surface area contributed by atoms with Gasteiger partial charge in [-0.25, -0.2) is 9.97 Å². The third-order valence-electron chi connectivity index (χ3n) is 4.21. The second kappa shape index (κ2) is 7.23. The summed E-state index contributed by atoms with van der Waals surface area (Å²) in [5.41, 5.74) is 2.09. The van der Waals surface area contributed by atoms with E-state index in [1.54, 1.807) is 0 Å². The molecule has 23 heavy (non-hydrogen) atoms. The molecule has 1 saturated heterocycles. The number of halogens is 1. The van der Waals surface area contributed by atoms with Gasteiger partial charge in [0.15, 0.2) is 0 Å². The fraction of sp³-hybridized carbons (Fsp3) is 0.471. The molecule has 6 heteroatoms. The number of rotatable bonds is 4. The summed E-state index contributed by atoms with van der Waals surface area (Å²) in [6.07, 6.45) is 2.65. The van der Waals surface area contributed by atoms with Gasteiger partial charge in [0.25, 0.3) is 0 Å². The predicted molar refractivity (Wildman–Crippen MR) is 92.9 cm³/mol. The van der Waals surface area contributed by atoms with Gasteiger partial charge in [-0.05, 0) is 19.1 Å². The van der Waals surface area contributed by atoms with E-state index in [2.05, 4.69) is 37.7 Å². The maximum atomic E-state index is 6.26. The van der Waals surface area contributed by atoms with E-state index in [4.69, 9.17) is 11.6 Å². The van der Waals surface area contributed by atoms with Gasteiger partial charge in [-0.2, -0.15) is 0 Å². The number of hydrogen-bond donors (Lipinski definition) is 0. The van der Waals surface area contributed by atoms with E-state index >= 15 is 0 Å². The molecule has 0 atom stereocenters.